The van der Waals surface area contributed by atoms with E-state index in [4.69, 9.17) is 15.7 Å². The van der Waals surface area contributed by atoms with Gasteiger partial charge in [0.15, 0.2) is 0 Å². The number of ether oxygens (including phenoxy) is 1. The molecule has 1 aromatic carbocycles. The first-order valence-corrected chi connectivity index (χ1v) is 6.56. The zero-order chi connectivity index (χ0) is 13.1. The molecule has 2 rings (SSSR count). The van der Waals surface area contributed by atoms with Gasteiger partial charge in [-0.1, -0.05) is 13.8 Å². The lowest BCUT2D eigenvalue weighted by Gasteiger charge is -2.32. The van der Waals surface area contributed by atoms with Crippen LogP contribution in [-0.4, -0.2) is 6.10 Å². The van der Waals surface area contributed by atoms with E-state index in [1.165, 1.54) is 6.42 Å². The summed E-state index contributed by atoms with van der Waals surface area (Å²) in [6, 6.07) is 7.36. The van der Waals surface area contributed by atoms with Crippen molar-refractivity contribution in [1.82, 2.24) is 0 Å². The van der Waals surface area contributed by atoms with Crippen LogP contribution < -0.4 is 10.5 Å². The predicted molar refractivity (Wildman–Crippen MR) is 72.2 cm³/mol. The largest absolute Gasteiger partial charge is 0.490 e. The highest BCUT2D eigenvalue weighted by atomic mass is 16.5. The number of benzene rings is 1. The molecule has 0 saturated heterocycles. The third-order valence-corrected chi connectivity index (χ3v) is 4.00. The Morgan fingerprint density at radius 1 is 1.28 bits per heavy atom. The fourth-order valence-corrected chi connectivity index (χ4v) is 2.51. The van der Waals surface area contributed by atoms with E-state index >= 15 is 0 Å². The first kappa shape index (κ1) is 12.8. The Hall–Kier alpha value is -1.69. The summed E-state index contributed by atoms with van der Waals surface area (Å²) in [6.07, 6.45) is 3.70. The number of anilines is 1. The van der Waals surface area contributed by atoms with Gasteiger partial charge in [0, 0.05) is 6.07 Å². The van der Waals surface area contributed by atoms with Crippen LogP contribution >= 0.6 is 0 Å². The molecule has 1 saturated carbocycles. The molecule has 1 aromatic rings. The number of hydrogen-bond donors (Lipinski definition) is 1. The smallest absolute Gasteiger partial charge is 0.121 e. The molecular formula is C15H20N2O. The Morgan fingerprint density at radius 2 is 2.06 bits per heavy atom. The minimum Gasteiger partial charge on any atom is -0.490 e. The Morgan fingerprint density at radius 3 is 2.67 bits per heavy atom. The highest BCUT2D eigenvalue weighted by Crippen LogP contribution is 2.32. The van der Waals surface area contributed by atoms with E-state index in [9.17, 15) is 0 Å². The molecule has 0 amide bonds. The van der Waals surface area contributed by atoms with Crippen LogP contribution in [0.4, 0.5) is 5.69 Å². The van der Waals surface area contributed by atoms with Crippen molar-refractivity contribution in [2.45, 2.75) is 39.2 Å². The van der Waals surface area contributed by atoms with Crippen LogP contribution in [0, 0.1) is 23.2 Å². The maximum Gasteiger partial charge on any atom is 0.121 e. The van der Waals surface area contributed by atoms with Gasteiger partial charge < -0.3 is 10.5 Å². The quantitative estimate of drug-likeness (QED) is 0.812. The second-order valence-corrected chi connectivity index (χ2v) is 5.37. The summed E-state index contributed by atoms with van der Waals surface area (Å²) >= 11 is 0. The number of nitrogen functional groups attached to an aromatic ring is 1. The molecule has 18 heavy (non-hydrogen) atoms. The highest BCUT2D eigenvalue weighted by Gasteiger charge is 2.25. The SMILES string of the molecule is CC1CCC(Oc2ccc(C#N)c(N)c2)CC1C. The third kappa shape index (κ3) is 2.76. The number of hydrogen-bond acceptors (Lipinski definition) is 3. The van der Waals surface area contributed by atoms with E-state index in [0.717, 1.165) is 24.5 Å². The second kappa shape index (κ2) is 5.30. The van der Waals surface area contributed by atoms with Gasteiger partial charge in [0.2, 0.25) is 0 Å². The summed E-state index contributed by atoms with van der Waals surface area (Å²) in [5, 5.41) is 8.82. The van der Waals surface area contributed by atoms with Crippen molar-refractivity contribution in [3.05, 3.63) is 23.8 Å². The molecule has 0 aliphatic heterocycles. The van der Waals surface area contributed by atoms with Crippen molar-refractivity contribution in [2.75, 3.05) is 5.73 Å². The second-order valence-electron chi connectivity index (χ2n) is 5.37. The zero-order valence-electron chi connectivity index (χ0n) is 11.0. The van der Waals surface area contributed by atoms with Crippen LogP contribution in [0.2, 0.25) is 0 Å². The maximum absolute atomic E-state index is 8.82. The molecule has 3 unspecified atom stereocenters. The Balaban J connectivity index is 2.02. The van der Waals surface area contributed by atoms with Crippen molar-refractivity contribution < 1.29 is 4.74 Å². The standard InChI is InChI=1S/C15H20N2O/c1-10-3-5-13(7-11(10)2)18-14-6-4-12(9-16)15(17)8-14/h4,6,8,10-11,13H,3,5,7,17H2,1-2H3. The summed E-state index contributed by atoms with van der Waals surface area (Å²) in [6.45, 7) is 4.59. The molecule has 3 atom stereocenters. The zero-order valence-corrected chi connectivity index (χ0v) is 11.0. The normalized spacial score (nSPS) is 27.5. The van der Waals surface area contributed by atoms with E-state index in [1.807, 2.05) is 6.07 Å². The molecule has 0 bridgehead atoms. The van der Waals surface area contributed by atoms with Crippen LogP contribution in [0.3, 0.4) is 0 Å². The van der Waals surface area contributed by atoms with Gasteiger partial charge in [-0.3, -0.25) is 0 Å². The Bertz CT molecular complexity index is 464. The predicted octanol–water partition coefficient (Wildman–Crippen LogP) is 3.34. The number of nitrogens with two attached hydrogens (primary N) is 1. The Kier molecular flexibility index (Phi) is 3.76. The van der Waals surface area contributed by atoms with Gasteiger partial charge in [-0.2, -0.15) is 5.26 Å². The minimum atomic E-state index is 0.281. The molecule has 0 heterocycles. The van der Waals surface area contributed by atoms with Gasteiger partial charge in [-0.15, -0.1) is 0 Å². The summed E-state index contributed by atoms with van der Waals surface area (Å²) < 4.78 is 5.96. The van der Waals surface area contributed by atoms with Crippen molar-refractivity contribution in [1.29, 1.82) is 5.26 Å². The van der Waals surface area contributed by atoms with Crippen LogP contribution in [0.5, 0.6) is 5.75 Å². The molecule has 0 aromatic heterocycles. The Labute approximate surface area is 109 Å². The van der Waals surface area contributed by atoms with E-state index in [0.29, 0.717) is 17.2 Å². The fraction of sp³-hybridized carbons (Fsp3) is 0.533. The maximum atomic E-state index is 8.82. The highest BCUT2D eigenvalue weighted by molar-refractivity contribution is 5.57. The summed E-state index contributed by atoms with van der Waals surface area (Å²) in [4.78, 5) is 0. The van der Waals surface area contributed by atoms with E-state index in [2.05, 4.69) is 19.9 Å². The summed E-state index contributed by atoms with van der Waals surface area (Å²) in [5.74, 6) is 2.27. The lowest BCUT2D eigenvalue weighted by atomic mass is 9.80. The molecular weight excluding hydrogens is 224 g/mol. The van der Waals surface area contributed by atoms with Gasteiger partial charge in [0.05, 0.1) is 17.4 Å². The van der Waals surface area contributed by atoms with Crippen LogP contribution in [-0.2, 0) is 0 Å². The van der Waals surface area contributed by atoms with Gasteiger partial charge in [0.25, 0.3) is 0 Å². The average Bonchev–Trinajstić information content (AvgIpc) is 2.34. The monoisotopic (exact) mass is 244 g/mol. The molecule has 1 aliphatic rings. The lowest BCUT2D eigenvalue weighted by molar-refractivity contribution is 0.101. The van der Waals surface area contributed by atoms with Gasteiger partial charge >= 0.3 is 0 Å². The summed E-state index contributed by atoms with van der Waals surface area (Å²) in [5.41, 5.74) is 6.78. The number of rotatable bonds is 2. The van der Waals surface area contributed by atoms with Gasteiger partial charge in [-0.25, -0.2) is 0 Å². The van der Waals surface area contributed by atoms with Gasteiger partial charge in [-0.05, 0) is 43.2 Å². The first-order valence-electron chi connectivity index (χ1n) is 6.56. The van der Waals surface area contributed by atoms with Crippen molar-refractivity contribution in [2.24, 2.45) is 11.8 Å². The fourth-order valence-electron chi connectivity index (χ4n) is 2.51. The molecule has 0 radical (unpaired) electrons. The number of nitrogens with zero attached hydrogens (tertiary/aromatic N) is 1. The molecule has 2 N–H and O–H groups in total. The van der Waals surface area contributed by atoms with Crippen LogP contribution in [0.25, 0.3) is 0 Å². The average molecular weight is 244 g/mol. The van der Waals surface area contributed by atoms with Crippen LogP contribution in [0.1, 0.15) is 38.7 Å². The molecule has 3 heteroatoms. The van der Waals surface area contributed by atoms with Crippen LogP contribution in [0.15, 0.2) is 18.2 Å². The molecule has 3 nitrogen and oxygen atoms in total. The topological polar surface area (TPSA) is 59.0 Å². The van der Waals surface area contributed by atoms with E-state index < -0.39 is 0 Å². The van der Waals surface area contributed by atoms with E-state index in [-0.39, 0.29) is 6.10 Å². The molecule has 1 fully saturated rings. The van der Waals surface area contributed by atoms with Gasteiger partial charge in [0.1, 0.15) is 11.8 Å². The first-order chi connectivity index (χ1) is 8.60. The molecule has 1 aliphatic carbocycles. The molecule has 96 valence electrons. The third-order valence-electron chi connectivity index (χ3n) is 4.00. The van der Waals surface area contributed by atoms with Crippen molar-refractivity contribution in [3.8, 4) is 11.8 Å². The number of nitriles is 1. The summed E-state index contributed by atoms with van der Waals surface area (Å²) in [7, 11) is 0. The van der Waals surface area contributed by atoms with Crippen molar-refractivity contribution in [3.63, 3.8) is 0 Å². The van der Waals surface area contributed by atoms with Crippen molar-refractivity contribution >= 4 is 5.69 Å². The lowest BCUT2D eigenvalue weighted by Crippen LogP contribution is -2.28. The minimum absolute atomic E-state index is 0.281. The molecule has 0 spiro atoms. The van der Waals surface area contributed by atoms with E-state index in [1.54, 1.807) is 12.1 Å².